The average molecular weight is 401 g/mol. The molecule has 1 atom stereocenters. The van der Waals surface area contributed by atoms with Crippen molar-refractivity contribution in [2.45, 2.75) is 37.8 Å². The number of carbonyl (C=O) groups is 1. The number of nitrogens with zero attached hydrogens (tertiary/aromatic N) is 2. The van der Waals surface area contributed by atoms with Crippen molar-refractivity contribution < 1.29 is 13.2 Å². The molecule has 2 aromatic rings. The lowest BCUT2D eigenvalue weighted by molar-refractivity contribution is 0.101. The van der Waals surface area contributed by atoms with Crippen LogP contribution in [0, 0.1) is 0 Å². The van der Waals surface area contributed by atoms with Gasteiger partial charge in [-0.2, -0.15) is 0 Å². The maximum Gasteiger partial charge on any atom is 0.177 e. The lowest BCUT2D eigenvalue weighted by Crippen LogP contribution is -2.52. The first kappa shape index (κ1) is 20.6. The molecular formula is C22H28N2O3S. The van der Waals surface area contributed by atoms with Gasteiger partial charge in [-0.15, -0.1) is 0 Å². The van der Waals surface area contributed by atoms with Crippen LogP contribution >= 0.6 is 0 Å². The van der Waals surface area contributed by atoms with Crippen molar-refractivity contribution in [1.29, 1.82) is 0 Å². The number of ketones is 1. The predicted octanol–water partition coefficient (Wildman–Crippen LogP) is 3.39. The van der Waals surface area contributed by atoms with E-state index in [4.69, 9.17) is 0 Å². The Labute approximate surface area is 167 Å². The third kappa shape index (κ3) is 4.62. The third-order valence-corrected chi connectivity index (χ3v) is 6.55. The van der Waals surface area contributed by atoms with E-state index in [0.717, 1.165) is 32.6 Å². The maximum absolute atomic E-state index is 12.3. The summed E-state index contributed by atoms with van der Waals surface area (Å²) in [7, 11) is -3.38. The Morgan fingerprint density at radius 1 is 1.11 bits per heavy atom. The molecule has 5 nitrogen and oxygen atoms in total. The highest BCUT2D eigenvalue weighted by Crippen LogP contribution is 2.30. The van der Waals surface area contributed by atoms with Gasteiger partial charge in [-0.25, -0.2) is 8.42 Å². The highest BCUT2D eigenvalue weighted by molar-refractivity contribution is 7.90. The van der Waals surface area contributed by atoms with Crippen molar-refractivity contribution in [3.05, 3.63) is 59.7 Å². The van der Waals surface area contributed by atoms with Crippen molar-refractivity contribution in [1.82, 2.24) is 4.90 Å². The summed E-state index contributed by atoms with van der Waals surface area (Å²) in [5, 5.41) is 0. The van der Waals surface area contributed by atoms with Crippen molar-refractivity contribution in [2.75, 3.05) is 30.8 Å². The molecule has 0 aliphatic carbocycles. The topological polar surface area (TPSA) is 57.7 Å². The van der Waals surface area contributed by atoms with Crippen molar-refractivity contribution in [3.8, 4) is 0 Å². The van der Waals surface area contributed by atoms with Crippen molar-refractivity contribution in [2.24, 2.45) is 0 Å². The number of hydrogen-bond acceptors (Lipinski definition) is 5. The molecule has 28 heavy (non-hydrogen) atoms. The summed E-state index contributed by atoms with van der Waals surface area (Å²) in [6.07, 6.45) is 2.20. The second-order valence-corrected chi connectivity index (χ2v) is 9.46. The minimum absolute atomic E-state index is 0.0592. The molecule has 1 heterocycles. The van der Waals surface area contributed by atoms with E-state index in [9.17, 15) is 13.2 Å². The molecule has 0 radical (unpaired) electrons. The van der Waals surface area contributed by atoms with Crippen LogP contribution in [0.15, 0.2) is 53.4 Å². The van der Waals surface area contributed by atoms with Gasteiger partial charge in [-0.1, -0.05) is 37.3 Å². The van der Waals surface area contributed by atoms with Crippen LogP contribution < -0.4 is 4.90 Å². The monoisotopic (exact) mass is 400 g/mol. The van der Waals surface area contributed by atoms with E-state index in [2.05, 4.69) is 41.0 Å². The molecule has 1 saturated heterocycles. The van der Waals surface area contributed by atoms with Gasteiger partial charge >= 0.3 is 0 Å². The molecule has 0 bridgehead atoms. The van der Waals surface area contributed by atoms with Gasteiger partial charge in [0.15, 0.2) is 15.6 Å². The summed E-state index contributed by atoms with van der Waals surface area (Å²) in [4.78, 5) is 16.7. The van der Waals surface area contributed by atoms with Gasteiger partial charge in [0.2, 0.25) is 0 Å². The minimum Gasteiger partial charge on any atom is -0.368 e. The lowest BCUT2D eigenvalue weighted by Gasteiger charge is -2.42. The molecule has 1 fully saturated rings. The summed E-state index contributed by atoms with van der Waals surface area (Å²) < 4.78 is 24.6. The van der Waals surface area contributed by atoms with Crippen LogP contribution in [0.25, 0.3) is 0 Å². The molecule has 0 saturated carbocycles. The van der Waals surface area contributed by atoms with Crippen LogP contribution in [0.5, 0.6) is 0 Å². The maximum atomic E-state index is 12.3. The van der Waals surface area contributed by atoms with Crippen molar-refractivity contribution in [3.63, 3.8) is 0 Å². The van der Waals surface area contributed by atoms with Gasteiger partial charge in [0.25, 0.3) is 0 Å². The lowest BCUT2D eigenvalue weighted by atomic mass is 10.1. The largest absolute Gasteiger partial charge is 0.368 e. The van der Waals surface area contributed by atoms with E-state index in [-0.39, 0.29) is 5.78 Å². The summed E-state index contributed by atoms with van der Waals surface area (Å²) in [6.45, 7) is 6.88. The first-order valence-corrected chi connectivity index (χ1v) is 11.6. The van der Waals surface area contributed by atoms with E-state index < -0.39 is 9.84 Å². The quantitative estimate of drug-likeness (QED) is 0.696. The minimum atomic E-state index is -3.38. The Hall–Kier alpha value is -2.18. The Kier molecular flexibility index (Phi) is 6.20. The molecular weight excluding hydrogens is 372 g/mol. The highest BCUT2D eigenvalue weighted by Gasteiger charge is 2.29. The fourth-order valence-corrected chi connectivity index (χ4v) is 4.71. The number of rotatable bonds is 6. The number of piperazine rings is 1. The Morgan fingerprint density at radius 3 is 2.43 bits per heavy atom. The van der Waals surface area contributed by atoms with E-state index in [1.165, 1.54) is 18.7 Å². The molecule has 2 aromatic carbocycles. The van der Waals surface area contributed by atoms with Crippen LogP contribution in [-0.4, -0.2) is 51.0 Å². The predicted molar refractivity (Wildman–Crippen MR) is 113 cm³/mol. The van der Waals surface area contributed by atoms with Crippen molar-refractivity contribution >= 4 is 21.3 Å². The van der Waals surface area contributed by atoms with E-state index in [0.29, 0.717) is 22.2 Å². The molecule has 3 rings (SSSR count). The van der Waals surface area contributed by atoms with Crippen LogP contribution in [0.4, 0.5) is 5.69 Å². The van der Waals surface area contributed by atoms with Gasteiger partial charge < -0.3 is 4.90 Å². The third-order valence-electron chi connectivity index (χ3n) is 5.41. The summed E-state index contributed by atoms with van der Waals surface area (Å²) in [6, 6.07) is 15.6. The van der Waals surface area contributed by atoms with E-state index in [1.54, 1.807) is 18.2 Å². The molecule has 1 aliphatic rings. The second-order valence-electron chi connectivity index (χ2n) is 7.48. The average Bonchev–Trinajstić information content (AvgIpc) is 2.68. The van der Waals surface area contributed by atoms with E-state index in [1.807, 2.05) is 6.07 Å². The fraction of sp³-hybridized carbons (Fsp3) is 0.409. The molecule has 6 heteroatoms. The molecule has 0 amide bonds. The smallest absolute Gasteiger partial charge is 0.177 e. The Morgan fingerprint density at radius 2 is 1.82 bits per heavy atom. The summed E-state index contributed by atoms with van der Waals surface area (Å²) in [5.74, 6) is -0.0592. The number of hydrogen-bond donors (Lipinski definition) is 0. The zero-order chi connectivity index (χ0) is 20.3. The van der Waals surface area contributed by atoms with Gasteiger partial charge in [0, 0.05) is 44.0 Å². The number of benzene rings is 2. The SMILES string of the molecule is CCC1CN(c2cc(C(C)=O)ccc2S(C)(=O)=O)CCN1Cc1ccccc1. The Bertz CT molecular complexity index is 942. The zero-order valence-corrected chi connectivity index (χ0v) is 17.6. The normalized spacial score (nSPS) is 18.2. The van der Waals surface area contributed by atoms with Crippen LogP contribution in [0.2, 0.25) is 0 Å². The van der Waals surface area contributed by atoms with Gasteiger partial charge in [-0.3, -0.25) is 9.69 Å². The number of Topliss-reactive ketones (excluding diaryl/α,β-unsaturated/α-hetero) is 1. The molecule has 0 N–H and O–H groups in total. The molecule has 150 valence electrons. The van der Waals surface area contributed by atoms with Gasteiger partial charge in [0.05, 0.1) is 10.6 Å². The second kappa shape index (κ2) is 8.45. The van der Waals surface area contributed by atoms with E-state index >= 15 is 0 Å². The number of anilines is 1. The number of sulfone groups is 1. The molecule has 0 spiro atoms. The summed E-state index contributed by atoms with van der Waals surface area (Å²) >= 11 is 0. The fourth-order valence-electron chi connectivity index (χ4n) is 3.82. The molecule has 0 aromatic heterocycles. The highest BCUT2D eigenvalue weighted by atomic mass is 32.2. The first-order valence-electron chi connectivity index (χ1n) is 9.67. The zero-order valence-electron chi connectivity index (χ0n) is 16.8. The van der Waals surface area contributed by atoms with Crippen LogP contribution in [-0.2, 0) is 16.4 Å². The summed E-state index contributed by atoms with van der Waals surface area (Å²) in [5.41, 5.74) is 2.47. The van der Waals surface area contributed by atoms with Gasteiger partial charge in [0.1, 0.15) is 0 Å². The van der Waals surface area contributed by atoms with Gasteiger partial charge in [-0.05, 0) is 37.1 Å². The van der Waals surface area contributed by atoms with Crippen LogP contribution in [0.3, 0.4) is 0 Å². The number of carbonyl (C=O) groups excluding carboxylic acids is 1. The van der Waals surface area contributed by atoms with Crippen LogP contribution in [0.1, 0.15) is 36.2 Å². The molecule has 1 unspecified atom stereocenters. The Balaban J connectivity index is 1.87. The standard InChI is InChI=1S/C22H28N2O3S/c1-4-20-16-24(13-12-23(20)15-18-8-6-5-7-9-18)21-14-19(17(2)25)10-11-22(21)28(3,26)27/h5-11,14,20H,4,12-13,15-16H2,1-3H3. The first-order chi connectivity index (χ1) is 13.3. The molecule has 1 aliphatic heterocycles.